The monoisotopic (exact) mass is 194 g/mol. The summed E-state index contributed by atoms with van der Waals surface area (Å²) in [5, 5.41) is 9.70. The normalized spacial score (nSPS) is 31.7. The molecule has 1 aliphatic rings. The molecule has 3 atom stereocenters. The molecule has 0 fully saturated rings. The van der Waals surface area contributed by atoms with Gasteiger partial charge in [-0.3, -0.25) is 4.79 Å². The number of hydrogen-bond donors (Lipinski definition) is 1. The van der Waals surface area contributed by atoms with Crippen molar-refractivity contribution in [2.24, 2.45) is 11.8 Å². The van der Waals surface area contributed by atoms with Crippen molar-refractivity contribution in [2.45, 2.75) is 33.3 Å². The van der Waals surface area contributed by atoms with Crippen LogP contribution in [0.3, 0.4) is 0 Å². The molecular weight excluding hydrogens is 176 g/mol. The molecule has 2 heteroatoms. The molecule has 1 aliphatic carbocycles. The highest BCUT2D eigenvalue weighted by Gasteiger charge is 2.30. The van der Waals surface area contributed by atoms with Gasteiger partial charge in [-0.2, -0.15) is 0 Å². The summed E-state index contributed by atoms with van der Waals surface area (Å²) in [6, 6.07) is 0. The first-order valence-corrected chi connectivity index (χ1v) is 5.06. The van der Waals surface area contributed by atoms with Gasteiger partial charge in [0.1, 0.15) is 0 Å². The van der Waals surface area contributed by atoms with E-state index in [9.17, 15) is 9.90 Å². The maximum Gasteiger partial charge on any atom is 0.158 e. The van der Waals surface area contributed by atoms with Crippen LogP contribution in [0.15, 0.2) is 23.8 Å². The van der Waals surface area contributed by atoms with E-state index in [4.69, 9.17) is 0 Å². The van der Waals surface area contributed by atoms with Gasteiger partial charge >= 0.3 is 0 Å². The summed E-state index contributed by atoms with van der Waals surface area (Å²) in [7, 11) is 0. The lowest BCUT2D eigenvalue weighted by Gasteiger charge is -2.27. The molecule has 14 heavy (non-hydrogen) atoms. The SMILES string of the molecule is CC(C)=CCC1C(O)C=CC(=O)C1C. The van der Waals surface area contributed by atoms with E-state index >= 15 is 0 Å². The average Bonchev–Trinajstić information content (AvgIpc) is 2.11. The van der Waals surface area contributed by atoms with Gasteiger partial charge in [0.05, 0.1) is 6.10 Å². The topological polar surface area (TPSA) is 37.3 Å². The Balaban J connectivity index is 2.71. The Morgan fingerprint density at radius 1 is 1.57 bits per heavy atom. The minimum Gasteiger partial charge on any atom is -0.389 e. The zero-order valence-electron chi connectivity index (χ0n) is 9.03. The van der Waals surface area contributed by atoms with Gasteiger partial charge in [-0.15, -0.1) is 0 Å². The summed E-state index contributed by atoms with van der Waals surface area (Å²) in [6.07, 6.45) is 5.48. The molecule has 0 aromatic heterocycles. The van der Waals surface area contributed by atoms with Crippen molar-refractivity contribution in [2.75, 3.05) is 0 Å². The van der Waals surface area contributed by atoms with Crippen molar-refractivity contribution < 1.29 is 9.90 Å². The van der Waals surface area contributed by atoms with Crippen LogP contribution in [0.25, 0.3) is 0 Å². The van der Waals surface area contributed by atoms with Crippen LogP contribution < -0.4 is 0 Å². The fourth-order valence-electron chi connectivity index (χ4n) is 1.71. The lowest BCUT2D eigenvalue weighted by molar-refractivity contribution is -0.121. The first-order chi connectivity index (χ1) is 6.52. The van der Waals surface area contributed by atoms with Gasteiger partial charge in [0.25, 0.3) is 0 Å². The number of allylic oxidation sites excluding steroid dienone is 3. The fraction of sp³-hybridized carbons (Fsp3) is 0.583. The number of carbonyl (C=O) groups is 1. The van der Waals surface area contributed by atoms with E-state index in [0.29, 0.717) is 0 Å². The highest BCUT2D eigenvalue weighted by molar-refractivity contribution is 5.92. The number of ketones is 1. The van der Waals surface area contributed by atoms with Gasteiger partial charge in [-0.1, -0.05) is 24.6 Å². The molecule has 0 spiro atoms. The van der Waals surface area contributed by atoms with Crippen molar-refractivity contribution in [3.63, 3.8) is 0 Å². The van der Waals surface area contributed by atoms with Crippen LogP contribution >= 0.6 is 0 Å². The Hall–Kier alpha value is -0.890. The Bertz CT molecular complexity index is 272. The van der Waals surface area contributed by atoms with E-state index in [-0.39, 0.29) is 17.6 Å². The highest BCUT2D eigenvalue weighted by atomic mass is 16.3. The highest BCUT2D eigenvalue weighted by Crippen LogP contribution is 2.26. The molecular formula is C12H18O2. The third-order valence-electron chi connectivity index (χ3n) is 2.79. The molecule has 0 radical (unpaired) electrons. The minimum absolute atomic E-state index is 0.0439. The molecule has 0 saturated heterocycles. The van der Waals surface area contributed by atoms with Crippen molar-refractivity contribution in [1.29, 1.82) is 0 Å². The molecule has 0 aliphatic heterocycles. The molecule has 0 bridgehead atoms. The molecule has 78 valence electrons. The zero-order valence-corrected chi connectivity index (χ0v) is 9.03. The van der Waals surface area contributed by atoms with Crippen LogP contribution in [-0.4, -0.2) is 17.0 Å². The Morgan fingerprint density at radius 2 is 2.21 bits per heavy atom. The number of aliphatic hydroxyl groups is 1. The lowest BCUT2D eigenvalue weighted by atomic mass is 9.79. The Morgan fingerprint density at radius 3 is 2.79 bits per heavy atom. The Labute approximate surface area is 85.3 Å². The van der Waals surface area contributed by atoms with E-state index < -0.39 is 6.10 Å². The molecule has 0 aromatic carbocycles. The minimum atomic E-state index is -0.474. The van der Waals surface area contributed by atoms with Crippen LogP contribution in [0.1, 0.15) is 27.2 Å². The van der Waals surface area contributed by atoms with Crippen molar-refractivity contribution in [1.82, 2.24) is 0 Å². The second-order valence-electron chi connectivity index (χ2n) is 4.22. The largest absolute Gasteiger partial charge is 0.389 e. The van der Waals surface area contributed by atoms with Gasteiger partial charge in [0.2, 0.25) is 0 Å². The predicted octanol–water partition coefficient (Wildman–Crippen LogP) is 2.09. The summed E-state index contributed by atoms with van der Waals surface area (Å²) in [6.45, 7) is 5.94. The second kappa shape index (κ2) is 4.56. The summed E-state index contributed by atoms with van der Waals surface area (Å²) in [5.41, 5.74) is 1.23. The zero-order chi connectivity index (χ0) is 10.7. The smallest absolute Gasteiger partial charge is 0.158 e. The Kier molecular flexibility index (Phi) is 3.64. The van der Waals surface area contributed by atoms with Crippen molar-refractivity contribution in [3.05, 3.63) is 23.8 Å². The van der Waals surface area contributed by atoms with Gasteiger partial charge in [0.15, 0.2) is 5.78 Å². The number of rotatable bonds is 2. The number of carbonyl (C=O) groups excluding carboxylic acids is 1. The molecule has 0 heterocycles. The van der Waals surface area contributed by atoms with E-state index in [1.54, 1.807) is 6.08 Å². The molecule has 0 amide bonds. The van der Waals surface area contributed by atoms with Gasteiger partial charge in [-0.25, -0.2) is 0 Å². The molecule has 2 nitrogen and oxygen atoms in total. The second-order valence-corrected chi connectivity index (χ2v) is 4.22. The number of aliphatic hydroxyl groups excluding tert-OH is 1. The third-order valence-corrected chi connectivity index (χ3v) is 2.79. The maximum atomic E-state index is 11.4. The summed E-state index contributed by atoms with van der Waals surface area (Å²) in [4.78, 5) is 11.4. The third kappa shape index (κ3) is 2.55. The van der Waals surface area contributed by atoms with Crippen LogP contribution in [0.4, 0.5) is 0 Å². The van der Waals surface area contributed by atoms with Crippen molar-refractivity contribution >= 4 is 5.78 Å². The van der Waals surface area contributed by atoms with Crippen LogP contribution in [-0.2, 0) is 4.79 Å². The van der Waals surface area contributed by atoms with Gasteiger partial charge < -0.3 is 5.11 Å². The number of hydrogen-bond acceptors (Lipinski definition) is 2. The van der Waals surface area contributed by atoms with E-state index in [0.717, 1.165) is 6.42 Å². The van der Waals surface area contributed by atoms with Crippen molar-refractivity contribution in [3.8, 4) is 0 Å². The average molecular weight is 194 g/mol. The van der Waals surface area contributed by atoms with E-state index in [1.807, 2.05) is 20.8 Å². The first-order valence-electron chi connectivity index (χ1n) is 5.06. The van der Waals surface area contributed by atoms with Gasteiger partial charge in [-0.05, 0) is 26.3 Å². The summed E-state index contributed by atoms with van der Waals surface area (Å²) in [5.74, 6) is 0.107. The molecule has 1 rings (SSSR count). The molecule has 1 N–H and O–H groups in total. The van der Waals surface area contributed by atoms with Crippen LogP contribution in [0.5, 0.6) is 0 Å². The van der Waals surface area contributed by atoms with Gasteiger partial charge in [0, 0.05) is 11.8 Å². The standard InChI is InChI=1S/C12H18O2/c1-8(2)4-5-10-9(3)11(13)6-7-12(10)14/h4,6-7,9-10,12,14H,5H2,1-3H3. The molecule has 3 unspecified atom stereocenters. The summed E-state index contributed by atoms with van der Waals surface area (Å²) >= 11 is 0. The molecule has 0 saturated carbocycles. The van der Waals surface area contributed by atoms with Crippen LogP contribution in [0, 0.1) is 11.8 Å². The van der Waals surface area contributed by atoms with E-state index in [2.05, 4.69) is 6.08 Å². The lowest BCUT2D eigenvalue weighted by Crippen LogP contribution is -2.32. The quantitative estimate of drug-likeness (QED) is 0.683. The molecule has 0 aromatic rings. The summed E-state index contributed by atoms with van der Waals surface area (Å²) < 4.78 is 0. The van der Waals surface area contributed by atoms with E-state index in [1.165, 1.54) is 11.6 Å². The maximum absolute atomic E-state index is 11.4. The predicted molar refractivity (Wildman–Crippen MR) is 56.9 cm³/mol. The first kappa shape index (κ1) is 11.2. The van der Waals surface area contributed by atoms with Crippen LogP contribution in [0.2, 0.25) is 0 Å². The fourth-order valence-corrected chi connectivity index (χ4v) is 1.71.